The van der Waals surface area contributed by atoms with Crippen molar-refractivity contribution in [2.24, 2.45) is 0 Å². The van der Waals surface area contributed by atoms with Gasteiger partial charge in [-0.3, -0.25) is 4.79 Å². The molecular formula is C27H36F2N2O3. The third-order valence-electron chi connectivity index (χ3n) is 6.48. The van der Waals surface area contributed by atoms with Gasteiger partial charge in [-0.2, -0.15) is 0 Å². The summed E-state index contributed by atoms with van der Waals surface area (Å²) in [7, 11) is 0. The lowest BCUT2D eigenvalue weighted by Gasteiger charge is -2.31. The largest absolute Gasteiger partial charge is 0.493 e. The Kier molecular flexibility index (Phi) is 9.42. The molecule has 0 bridgehead atoms. The zero-order valence-corrected chi connectivity index (χ0v) is 20.2. The zero-order chi connectivity index (χ0) is 24.7. The van der Waals surface area contributed by atoms with Crippen LogP contribution in [-0.4, -0.2) is 36.3 Å². The van der Waals surface area contributed by atoms with E-state index in [2.05, 4.69) is 36.6 Å². The molecule has 0 saturated heterocycles. The number of hydrogen-bond acceptors (Lipinski definition) is 4. The number of ether oxygens (including phenoxy) is 1. The lowest BCUT2D eigenvalue weighted by Crippen LogP contribution is -2.48. The van der Waals surface area contributed by atoms with E-state index in [1.54, 1.807) is 0 Å². The van der Waals surface area contributed by atoms with E-state index >= 15 is 0 Å². The molecule has 0 radical (unpaired) electrons. The minimum atomic E-state index is -0.951. The maximum Gasteiger partial charge on any atom is 0.217 e. The van der Waals surface area contributed by atoms with Crippen molar-refractivity contribution >= 4 is 5.91 Å². The second-order valence-corrected chi connectivity index (χ2v) is 9.15. The maximum atomic E-state index is 13.6. The van der Waals surface area contributed by atoms with Crippen LogP contribution in [0, 0.1) is 11.6 Å². The van der Waals surface area contributed by atoms with Crippen LogP contribution in [-0.2, 0) is 11.2 Å². The lowest BCUT2D eigenvalue weighted by molar-refractivity contribution is -0.120. The number of fused-ring (bicyclic) bond motifs is 1. The highest BCUT2D eigenvalue weighted by molar-refractivity contribution is 5.73. The van der Waals surface area contributed by atoms with Crippen molar-refractivity contribution in [3.05, 3.63) is 64.7 Å². The molecule has 34 heavy (non-hydrogen) atoms. The molecule has 0 aromatic heterocycles. The van der Waals surface area contributed by atoms with Crippen LogP contribution in [0.15, 0.2) is 36.4 Å². The van der Waals surface area contributed by atoms with Crippen LogP contribution in [0.5, 0.6) is 5.75 Å². The van der Waals surface area contributed by atoms with Gasteiger partial charge in [0, 0.05) is 37.6 Å². The molecule has 0 fully saturated rings. The summed E-state index contributed by atoms with van der Waals surface area (Å²) in [5.41, 5.74) is 2.75. The van der Waals surface area contributed by atoms with Gasteiger partial charge < -0.3 is 20.5 Å². The Hall–Kier alpha value is -2.51. The van der Waals surface area contributed by atoms with E-state index in [-0.39, 0.29) is 24.9 Å². The van der Waals surface area contributed by atoms with E-state index in [1.165, 1.54) is 24.6 Å². The third-order valence-corrected chi connectivity index (χ3v) is 6.48. The fraction of sp³-hybridized carbons (Fsp3) is 0.519. The molecule has 1 amide bonds. The van der Waals surface area contributed by atoms with Crippen LogP contribution >= 0.6 is 0 Å². The van der Waals surface area contributed by atoms with Crippen LogP contribution in [0.25, 0.3) is 0 Å². The fourth-order valence-corrected chi connectivity index (χ4v) is 4.77. The number of halogens is 2. The van der Waals surface area contributed by atoms with Gasteiger partial charge in [-0.15, -0.1) is 0 Å². The molecule has 1 aliphatic heterocycles. The average Bonchev–Trinajstić information content (AvgIpc) is 2.79. The van der Waals surface area contributed by atoms with Crippen LogP contribution in [0.2, 0.25) is 0 Å². The Balaban J connectivity index is 1.72. The van der Waals surface area contributed by atoms with Crippen LogP contribution in [0.4, 0.5) is 8.78 Å². The molecule has 0 saturated carbocycles. The summed E-state index contributed by atoms with van der Waals surface area (Å²) < 4.78 is 33.1. The highest BCUT2D eigenvalue weighted by atomic mass is 19.1. The molecule has 3 rings (SSSR count). The van der Waals surface area contributed by atoms with Gasteiger partial charge in [-0.25, -0.2) is 8.78 Å². The normalized spacial score (nSPS) is 17.9. The molecule has 0 aliphatic carbocycles. The smallest absolute Gasteiger partial charge is 0.217 e. The van der Waals surface area contributed by atoms with Gasteiger partial charge in [0.2, 0.25) is 5.91 Å². The molecule has 2 aromatic carbocycles. The monoisotopic (exact) mass is 474 g/mol. The summed E-state index contributed by atoms with van der Waals surface area (Å²) in [4.78, 5) is 11.7. The summed E-state index contributed by atoms with van der Waals surface area (Å²) in [6.45, 7) is 6.54. The number of carbonyl (C=O) groups excluding carboxylic acids is 1. The second-order valence-electron chi connectivity index (χ2n) is 9.15. The fourth-order valence-electron chi connectivity index (χ4n) is 4.77. The van der Waals surface area contributed by atoms with Gasteiger partial charge in [0.05, 0.1) is 18.8 Å². The Bertz CT molecular complexity index is 949. The van der Waals surface area contributed by atoms with Crippen molar-refractivity contribution in [2.75, 3.05) is 13.2 Å². The first-order chi connectivity index (χ1) is 16.3. The van der Waals surface area contributed by atoms with Crippen LogP contribution in [0.1, 0.15) is 75.1 Å². The SMILES string of the molecule is CCCC(CC)c1ccc2c(c1)C(NCC(O)C(Cc1cc(F)cc(F)c1)NC(C)=O)CCO2. The highest BCUT2D eigenvalue weighted by Crippen LogP contribution is 2.36. The molecule has 2 aromatic rings. The van der Waals surface area contributed by atoms with Crippen molar-refractivity contribution in [2.45, 2.75) is 77.0 Å². The van der Waals surface area contributed by atoms with Crippen molar-refractivity contribution in [1.82, 2.24) is 10.6 Å². The first-order valence-electron chi connectivity index (χ1n) is 12.2. The highest BCUT2D eigenvalue weighted by Gasteiger charge is 2.26. The molecule has 1 heterocycles. The summed E-state index contributed by atoms with van der Waals surface area (Å²) in [5, 5.41) is 17.0. The lowest BCUT2D eigenvalue weighted by atomic mass is 9.88. The summed E-state index contributed by atoms with van der Waals surface area (Å²) in [6.07, 6.45) is 3.25. The predicted octanol–water partition coefficient (Wildman–Crippen LogP) is 4.78. The molecule has 1 aliphatic rings. The van der Waals surface area contributed by atoms with Gasteiger partial charge in [0.15, 0.2) is 0 Å². The quantitative estimate of drug-likeness (QED) is 0.438. The summed E-state index contributed by atoms with van der Waals surface area (Å²) in [5.74, 6) is -0.343. The van der Waals surface area contributed by atoms with Crippen molar-refractivity contribution in [1.29, 1.82) is 0 Å². The molecule has 5 nitrogen and oxygen atoms in total. The van der Waals surface area contributed by atoms with Gasteiger partial charge in [0.1, 0.15) is 17.4 Å². The minimum absolute atomic E-state index is 0.00192. The summed E-state index contributed by atoms with van der Waals surface area (Å²) in [6, 6.07) is 8.94. The van der Waals surface area contributed by atoms with Gasteiger partial charge in [0.25, 0.3) is 0 Å². The standard InChI is InChI=1S/C27H36F2N2O3/c1-4-6-19(5-2)20-7-8-27-23(14-20)24(9-10-34-27)30-16-26(33)25(31-17(3)32)13-18-11-21(28)15-22(29)12-18/h7-8,11-12,14-15,19,24-26,30,33H,4-6,9-10,13,16H2,1-3H3,(H,31,32). The van der Waals surface area contributed by atoms with Gasteiger partial charge in [-0.05, 0) is 54.5 Å². The van der Waals surface area contributed by atoms with Crippen molar-refractivity contribution < 1.29 is 23.4 Å². The Morgan fingerprint density at radius 2 is 1.91 bits per heavy atom. The third kappa shape index (κ3) is 7.00. The number of hydrogen-bond donors (Lipinski definition) is 3. The summed E-state index contributed by atoms with van der Waals surface area (Å²) >= 11 is 0. The Morgan fingerprint density at radius 1 is 1.18 bits per heavy atom. The molecule has 0 spiro atoms. The number of nitrogens with one attached hydrogen (secondary N) is 2. The number of benzene rings is 2. The number of rotatable bonds is 11. The van der Waals surface area contributed by atoms with Crippen LogP contribution < -0.4 is 15.4 Å². The molecule has 7 heteroatoms. The van der Waals surface area contributed by atoms with Gasteiger partial charge in [-0.1, -0.05) is 32.4 Å². The second kappa shape index (κ2) is 12.3. The zero-order valence-electron chi connectivity index (χ0n) is 20.2. The topological polar surface area (TPSA) is 70.6 Å². The average molecular weight is 475 g/mol. The van der Waals surface area contributed by atoms with E-state index in [9.17, 15) is 18.7 Å². The first kappa shape index (κ1) is 26.1. The number of amides is 1. The Labute approximate surface area is 200 Å². The van der Waals surface area contributed by atoms with Crippen molar-refractivity contribution in [3.63, 3.8) is 0 Å². The van der Waals surface area contributed by atoms with E-state index in [0.717, 1.165) is 43.1 Å². The van der Waals surface area contributed by atoms with E-state index in [1.807, 2.05) is 6.07 Å². The first-order valence-corrected chi connectivity index (χ1v) is 12.2. The number of aliphatic hydroxyl groups is 1. The van der Waals surface area contributed by atoms with E-state index in [0.29, 0.717) is 18.1 Å². The predicted molar refractivity (Wildman–Crippen MR) is 129 cm³/mol. The van der Waals surface area contributed by atoms with Crippen LogP contribution in [0.3, 0.4) is 0 Å². The molecular weight excluding hydrogens is 438 g/mol. The maximum absolute atomic E-state index is 13.6. The van der Waals surface area contributed by atoms with Crippen molar-refractivity contribution in [3.8, 4) is 5.75 Å². The number of carbonyl (C=O) groups is 1. The van der Waals surface area contributed by atoms with Gasteiger partial charge >= 0.3 is 0 Å². The minimum Gasteiger partial charge on any atom is -0.493 e. The molecule has 4 atom stereocenters. The van der Waals surface area contributed by atoms with E-state index in [4.69, 9.17) is 4.74 Å². The van der Waals surface area contributed by atoms with E-state index < -0.39 is 23.8 Å². The molecule has 3 N–H and O–H groups in total. The molecule has 4 unspecified atom stereocenters. The molecule has 186 valence electrons. The number of aliphatic hydroxyl groups excluding tert-OH is 1. The Morgan fingerprint density at radius 3 is 2.56 bits per heavy atom.